The molecule has 0 fully saturated rings. The molecule has 4 aromatic rings. The van der Waals surface area contributed by atoms with Gasteiger partial charge in [-0.2, -0.15) is 0 Å². The van der Waals surface area contributed by atoms with Crippen molar-refractivity contribution in [1.29, 1.82) is 0 Å². The van der Waals surface area contributed by atoms with Crippen LogP contribution in [0, 0.1) is 6.92 Å². The molecule has 0 saturated carbocycles. The van der Waals surface area contributed by atoms with Gasteiger partial charge in [0.15, 0.2) is 0 Å². The van der Waals surface area contributed by atoms with Gasteiger partial charge in [0.05, 0.1) is 46.1 Å². The molecule has 0 amide bonds. The van der Waals surface area contributed by atoms with Crippen LogP contribution in [-0.2, 0) is 28.3 Å². The van der Waals surface area contributed by atoms with Crippen molar-refractivity contribution in [2.45, 2.75) is 45.4 Å². The van der Waals surface area contributed by atoms with Crippen molar-refractivity contribution >= 4 is 52.0 Å². The number of halogens is 2. The van der Waals surface area contributed by atoms with Gasteiger partial charge in [0, 0.05) is 27.8 Å². The van der Waals surface area contributed by atoms with Gasteiger partial charge < -0.3 is 14.4 Å². The summed E-state index contributed by atoms with van der Waals surface area (Å²) in [6, 6.07) is 12.8. The second-order valence-corrected chi connectivity index (χ2v) is 10.5. The summed E-state index contributed by atoms with van der Waals surface area (Å²) in [6.07, 6.45) is 1.77. The summed E-state index contributed by atoms with van der Waals surface area (Å²) in [5.41, 5.74) is 4.39. The number of aliphatic hydroxyl groups is 1. The molecule has 6 rings (SSSR count). The SMILES string of the molecule is CC[C@]1(O)CC(=O)OCc2c1cc1n(c2=O)Cc2c-1nc1cccc(N=Cc3ccc(Cl)cc3Cl)c1c2C. The van der Waals surface area contributed by atoms with Gasteiger partial charge >= 0.3 is 5.97 Å². The van der Waals surface area contributed by atoms with E-state index >= 15 is 0 Å². The molecule has 4 heterocycles. The second kappa shape index (κ2) is 9.05. The lowest BCUT2D eigenvalue weighted by atomic mass is 9.85. The molecule has 192 valence electrons. The van der Waals surface area contributed by atoms with E-state index in [0.29, 0.717) is 39.1 Å². The van der Waals surface area contributed by atoms with Gasteiger partial charge in [-0.15, -0.1) is 0 Å². The lowest BCUT2D eigenvalue weighted by Crippen LogP contribution is -2.32. The summed E-state index contributed by atoms with van der Waals surface area (Å²) in [5, 5.41) is 13.3. The van der Waals surface area contributed by atoms with Crippen molar-refractivity contribution in [2.24, 2.45) is 4.99 Å². The quantitative estimate of drug-likeness (QED) is 0.226. The number of benzene rings is 2. The normalized spacial score (nSPS) is 18.3. The number of fused-ring (bicyclic) bond motifs is 5. The Kier molecular flexibility index (Phi) is 5.90. The maximum Gasteiger partial charge on any atom is 0.309 e. The highest BCUT2D eigenvalue weighted by atomic mass is 35.5. The number of cyclic esters (lactones) is 1. The topological polar surface area (TPSA) is 93.8 Å². The smallest absolute Gasteiger partial charge is 0.309 e. The fourth-order valence-electron chi connectivity index (χ4n) is 5.39. The number of carbonyl (C=O) groups excluding carboxylic acids is 1. The van der Waals surface area contributed by atoms with Gasteiger partial charge in [-0.3, -0.25) is 14.6 Å². The first-order chi connectivity index (χ1) is 18.2. The molecule has 0 unspecified atom stereocenters. The van der Waals surface area contributed by atoms with Crippen molar-refractivity contribution in [2.75, 3.05) is 0 Å². The van der Waals surface area contributed by atoms with Crippen molar-refractivity contribution in [3.63, 3.8) is 0 Å². The summed E-state index contributed by atoms with van der Waals surface area (Å²) in [4.78, 5) is 35.4. The predicted molar refractivity (Wildman–Crippen MR) is 148 cm³/mol. The molecule has 7 nitrogen and oxygen atoms in total. The average molecular weight is 548 g/mol. The van der Waals surface area contributed by atoms with E-state index in [1.165, 1.54) is 0 Å². The van der Waals surface area contributed by atoms with E-state index in [2.05, 4.69) is 0 Å². The first-order valence-corrected chi connectivity index (χ1v) is 13.0. The Balaban J connectivity index is 1.51. The Hall–Kier alpha value is -3.52. The molecule has 38 heavy (non-hydrogen) atoms. The monoisotopic (exact) mass is 547 g/mol. The minimum atomic E-state index is -1.48. The molecule has 0 spiro atoms. The molecule has 0 saturated heterocycles. The van der Waals surface area contributed by atoms with Crippen molar-refractivity contribution in [3.8, 4) is 11.4 Å². The minimum absolute atomic E-state index is 0.160. The largest absolute Gasteiger partial charge is 0.460 e. The number of pyridine rings is 2. The number of aliphatic imine (C=N–C) groups is 1. The molecule has 2 aromatic carbocycles. The third kappa shape index (κ3) is 3.85. The Morgan fingerprint density at radius 3 is 2.76 bits per heavy atom. The van der Waals surface area contributed by atoms with Gasteiger partial charge in [0.25, 0.3) is 5.56 Å². The Morgan fingerprint density at radius 1 is 1.18 bits per heavy atom. The molecule has 2 aliphatic rings. The zero-order valence-electron chi connectivity index (χ0n) is 20.7. The summed E-state index contributed by atoms with van der Waals surface area (Å²) in [5.74, 6) is -0.525. The van der Waals surface area contributed by atoms with E-state index in [-0.39, 0.29) is 25.0 Å². The van der Waals surface area contributed by atoms with E-state index in [1.807, 2.05) is 31.2 Å². The standard InChI is InChI=1S/C29H23Cl2N3O4/c1-3-29(37)11-25(35)38-14-19-20(29)10-24-27-18(13-34(24)28(19)36)15(2)26-22(5-4-6-23(26)33-27)32-12-16-7-8-17(30)9-21(16)31/h4-10,12,37H,3,11,13-14H2,1-2H3/t29-/m0/s1. The van der Waals surface area contributed by atoms with Crippen LogP contribution in [0.1, 0.15) is 47.6 Å². The van der Waals surface area contributed by atoms with E-state index in [4.69, 9.17) is 37.9 Å². The number of aryl methyl sites for hydroxylation is 1. The number of ether oxygens (including phenoxy) is 1. The summed E-state index contributed by atoms with van der Waals surface area (Å²) >= 11 is 12.3. The molecule has 1 N–H and O–H groups in total. The number of carbonyl (C=O) groups is 1. The first-order valence-electron chi connectivity index (χ1n) is 12.3. The molecule has 2 aromatic heterocycles. The highest BCUT2D eigenvalue weighted by Crippen LogP contribution is 2.41. The van der Waals surface area contributed by atoms with E-state index < -0.39 is 11.6 Å². The van der Waals surface area contributed by atoms with Crippen LogP contribution in [0.3, 0.4) is 0 Å². The number of hydrogen-bond donors (Lipinski definition) is 1. The summed E-state index contributed by atoms with van der Waals surface area (Å²) in [6.45, 7) is 3.96. The average Bonchev–Trinajstić information content (AvgIpc) is 3.20. The molecule has 0 aliphatic carbocycles. The van der Waals surface area contributed by atoms with Crippen LogP contribution >= 0.6 is 23.2 Å². The maximum atomic E-state index is 13.6. The van der Waals surface area contributed by atoms with Crippen LogP contribution in [0.2, 0.25) is 10.0 Å². The lowest BCUT2D eigenvalue weighted by molar-refractivity contribution is -0.149. The molecule has 9 heteroatoms. The lowest BCUT2D eigenvalue weighted by Gasteiger charge is -2.26. The van der Waals surface area contributed by atoms with Crippen LogP contribution in [0.4, 0.5) is 5.69 Å². The number of nitrogens with zero attached hydrogens (tertiary/aromatic N) is 3. The zero-order valence-corrected chi connectivity index (χ0v) is 22.2. The molecule has 0 bridgehead atoms. The highest BCUT2D eigenvalue weighted by Gasteiger charge is 2.39. The Bertz CT molecular complexity index is 1760. The van der Waals surface area contributed by atoms with Crippen LogP contribution < -0.4 is 5.56 Å². The van der Waals surface area contributed by atoms with Crippen LogP contribution in [-0.4, -0.2) is 26.8 Å². The maximum absolute atomic E-state index is 13.6. The van der Waals surface area contributed by atoms with Gasteiger partial charge in [-0.05, 0) is 54.8 Å². The number of aromatic nitrogens is 2. The predicted octanol–water partition coefficient (Wildman–Crippen LogP) is 5.84. The van der Waals surface area contributed by atoms with Gasteiger partial charge in [0.1, 0.15) is 12.2 Å². The first kappa shape index (κ1) is 24.8. The van der Waals surface area contributed by atoms with E-state index in [9.17, 15) is 14.7 Å². The van der Waals surface area contributed by atoms with Gasteiger partial charge in [-0.1, -0.05) is 42.3 Å². The second-order valence-electron chi connectivity index (χ2n) is 9.69. The van der Waals surface area contributed by atoms with E-state index in [1.54, 1.807) is 35.9 Å². The zero-order chi connectivity index (χ0) is 26.8. The third-order valence-electron chi connectivity index (χ3n) is 7.53. The van der Waals surface area contributed by atoms with Crippen molar-refractivity contribution in [3.05, 3.63) is 90.7 Å². The molecular weight excluding hydrogens is 525 g/mol. The fraction of sp³-hybridized carbons (Fsp3) is 0.241. The van der Waals surface area contributed by atoms with Crippen molar-refractivity contribution in [1.82, 2.24) is 9.55 Å². The highest BCUT2D eigenvalue weighted by molar-refractivity contribution is 6.36. The Morgan fingerprint density at radius 2 is 2.00 bits per heavy atom. The summed E-state index contributed by atoms with van der Waals surface area (Å²) in [7, 11) is 0. The number of rotatable bonds is 3. The molecular formula is C29H23Cl2N3O4. The van der Waals surface area contributed by atoms with Gasteiger partial charge in [0.2, 0.25) is 0 Å². The Labute approximate surface area is 228 Å². The number of hydrogen-bond acceptors (Lipinski definition) is 6. The third-order valence-corrected chi connectivity index (χ3v) is 8.09. The number of esters is 1. The van der Waals surface area contributed by atoms with Crippen LogP contribution in [0.5, 0.6) is 0 Å². The van der Waals surface area contributed by atoms with Gasteiger partial charge in [-0.25, -0.2) is 4.98 Å². The fourth-order valence-corrected chi connectivity index (χ4v) is 5.85. The summed E-state index contributed by atoms with van der Waals surface area (Å²) < 4.78 is 6.91. The molecule has 0 radical (unpaired) electrons. The molecule has 2 aliphatic heterocycles. The van der Waals surface area contributed by atoms with Crippen molar-refractivity contribution < 1.29 is 14.6 Å². The molecule has 1 atom stereocenters. The minimum Gasteiger partial charge on any atom is -0.460 e. The van der Waals surface area contributed by atoms with Crippen LogP contribution in [0.15, 0.2) is 52.3 Å². The van der Waals surface area contributed by atoms with E-state index in [0.717, 1.165) is 33.3 Å². The van der Waals surface area contributed by atoms with Crippen LogP contribution in [0.25, 0.3) is 22.3 Å².